The highest BCUT2D eigenvalue weighted by molar-refractivity contribution is 6.03. The van der Waals surface area contributed by atoms with Gasteiger partial charge in [-0.25, -0.2) is 0 Å². The van der Waals surface area contributed by atoms with E-state index in [2.05, 4.69) is 10.3 Å². The summed E-state index contributed by atoms with van der Waals surface area (Å²) in [7, 11) is 1.66. The second-order valence-electron chi connectivity index (χ2n) is 8.95. The first kappa shape index (κ1) is 21.8. The highest BCUT2D eigenvalue weighted by atomic mass is 19.4. The molecule has 3 aromatic rings. The van der Waals surface area contributed by atoms with Crippen molar-refractivity contribution in [3.8, 4) is 5.75 Å². The summed E-state index contributed by atoms with van der Waals surface area (Å²) in [4.78, 5) is 15.7. The standard InChI is InChI=1S/C25H25F3N2O3/c1-32-19-10-16(11-19)24(31)30-23-13-29-22-7-6-18(12-21(22)23)33-20-8-15(9-20)14-2-4-17(5-3-14)25(26,27)28/h2-7,12-13,15-16,19-20,29H,8-11H2,1H3,(H,30,31)/t15-,16-,19-,20-. The molecule has 1 amide bonds. The lowest BCUT2D eigenvalue weighted by Gasteiger charge is -2.36. The quantitative estimate of drug-likeness (QED) is 0.485. The molecule has 0 atom stereocenters. The van der Waals surface area contributed by atoms with Crippen LogP contribution in [-0.2, 0) is 15.7 Å². The number of hydrogen-bond donors (Lipinski definition) is 2. The van der Waals surface area contributed by atoms with Gasteiger partial charge in [-0.05, 0) is 67.5 Å². The number of methoxy groups -OCH3 is 1. The van der Waals surface area contributed by atoms with Gasteiger partial charge in [0.2, 0.25) is 5.91 Å². The SMILES string of the molecule is CO[C@H]1C[C@H](C(=O)Nc2c[nH]c3ccc(O[C@H]4C[C@H](c5ccc(C(F)(F)F)cc5)C4)cc23)C1. The van der Waals surface area contributed by atoms with Crippen LogP contribution in [0.3, 0.4) is 0 Å². The number of ether oxygens (including phenoxy) is 2. The van der Waals surface area contributed by atoms with Crippen molar-refractivity contribution in [1.82, 2.24) is 4.98 Å². The van der Waals surface area contributed by atoms with Crippen molar-refractivity contribution in [2.24, 2.45) is 5.92 Å². The summed E-state index contributed by atoms with van der Waals surface area (Å²) in [6.07, 6.45) is 0.615. The van der Waals surface area contributed by atoms with Crippen LogP contribution in [-0.4, -0.2) is 30.2 Å². The summed E-state index contributed by atoms with van der Waals surface area (Å²) >= 11 is 0. The molecule has 1 aromatic heterocycles. The number of hydrogen-bond acceptors (Lipinski definition) is 3. The largest absolute Gasteiger partial charge is 0.490 e. The molecule has 5 rings (SSSR count). The molecule has 2 aliphatic carbocycles. The minimum absolute atomic E-state index is 0.00565. The molecule has 2 aliphatic rings. The van der Waals surface area contributed by atoms with Gasteiger partial charge < -0.3 is 19.8 Å². The van der Waals surface area contributed by atoms with Crippen molar-refractivity contribution < 1.29 is 27.4 Å². The molecule has 0 saturated heterocycles. The van der Waals surface area contributed by atoms with Crippen LogP contribution in [0.4, 0.5) is 18.9 Å². The van der Waals surface area contributed by atoms with Crippen molar-refractivity contribution in [3.63, 3.8) is 0 Å². The molecule has 0 aliphatic heterocycles. The number of fused-ring (bicyclic) bond motifs is 1. The number of nitrogens with one attached hydrogen (secondary N) is 2. The third-order valence-electron chi connectivity index (χ3n) is 6.82. The zero-order chi connectivity index (χ0) is 23.2. The van der Waals surface area contributed by atoms with Gasteiger partial charge in [0.05, 0.1) is 23.5 Å². The van der Waals surface area contributed by atoms with Gasteiger partial charge in [0, 0.05) is 30.1 Å². The zero-order valence-corrected chi connectivity index (χ0v) is 18.1. The van der Waals surface area contributed by atoms with Crippen molar-refractivity contribution in [1.29, 1.82) is 0 Å². The summed E-state index contributed by atoms with van der Waals surface area (Å²) in [5.74, 6) is 0.864. The molecule has 2 N–H and O–H groups in total. The van der Waals surface area contributed by atoms with Gasteiger partial charge in [0.15, 0.2) is 0 Å². The maximum absolute atomic E-state index is 12.7. The Morgan fingerprint density at radius 3 is 2.42 bits per heavy atom. The summed E-state index contributed by atoms with van der Waals surface area (Å²) in [6, 6.07) is 11.1. The Morgan fingerprint density at radius 1 is 1.03 bits per heavy atom. The summed E-state index contributed by atoms with van der Waals surface area (Å²) in [5.41, 5.74) is 1.90. The second kappa shape index (κ2) is 8.41. The Labute approximate surface area is 189 Å². The number of carbonyl (C=O) groups excluding carboxylic acids is 1. The fourth-order valence-corrected chi connectivity index (χ4v) is 4.55. The first-order valence-electron chi connectivity index (χ1n) is 11.1. The van der Waals surface area contributed by atoms with Crippen LogP contribution in [0.1, 0.15) is 42.7 Å². The third kappa shape index (κ3) is 4.44. The van der Waals surface area contributed by atoms with E-state index in [1.54, 1.807) is 25.4 Å². The van der Waals surface area contributed by atoms with E-state index >= 15 is 0 Å². The Hall–Kier alpha value is -3.00. The average Bonchev–Trinajstić information content (AvgIpc) is 3.11. The van der Waals surface area contributed by atoms with Crippen molar-refractivity contribution in [2.75, 3.05) is 12.4 Å². The second-order valence-corrected chi connectivity index (χ2v) is 8.95. The van der Waals surface area contributed by atoms with E-state index < -0.39 is 11.7 Å². The van der Waals surface area contributed by atoms with Crippen LogP contribution in [0.5, 0.6) is 5.75 Å². The number of carbonyl (C=O) groups is 1. The molecule has 5 nitrogen and oxygen atoms in total. The van der Waals surface area contributed by atoms with Gasteiger partial charge in [0.1, 0.15) is 5.75 Å². The smallest absolute Gasteiger partial charge is 0.416 e. The fourth-order valence-electron chi connectivity index (χ4n) is 4.55. The lowest BCUT2D eigenvalue weighted by atomic mass is 9.77. The summed E-state index contributed by atoms with van der Waals surface area (Å²) in [6.45, 7) is 0. The minimum atomic E-state index is -4.32. The predicted octanol–water partition coefficient (Wildman–Crippen LogP) is 5.88. The normalized spacial score (nSPS) is 24.7. The Kier molecular flexibility index (Phi) is 5.56. The molecule has 0 unspecified atom stereocenters. The maximum atomic E-state index is 12.7. The van der Waals surface area contributed by atoms with Gasteiger partial charge in [-0.1, -0.05) is 12.1 Å². The first-order valence-corrected chi connectivity index (χ1v) is 11.1. The number of anilines is 1. The number of aromatic amines is 1. The molecule has 0 radical (unpaired) electrons. The van der Waals surface area contributed by atoms with Gasteiger partial charge in [0.25, 0.3) is 0 Å². The van der Waals surface area contributed by atoms with Gasteiger partial charge in [-0.2, -0.15) is 13.2 Å². The Balaban J connectivity index is 1.19. The Bertz CT molecular complexity index is 1140. The molecule has 8 heteroatoms. The summed E-state index contributed by atoms with van der Waals surface area (Å²) in [5, 5.41) is 3.88. The van der Waals surface area contributed by atoms with Gasteiger partial charge in [-0.3, -0.25) is 4.79 Å². The van der Waals surface area contributed by atoms with Gasteiger partial charge in [-0.15, -0.1) is 0 Å². The number of benzene rings is 2. The highest BCUT2D eigenvalue weighted by Crippen LogP contribution is 2.41. The van der Waals surface area contributed by atoms with Crippen LogP contribution in [0.15, 0.2) is 48.7 Å². The molecule has 33 heavy (non-hydrogen) atoms. The number of halogens is 3. The molecule has 2 fully saturated rings. The molecule has 2 saturated carbocycles. The minimum Gasteiger partial charge on any atom is -0.490 e. The topological polar surface area (TPSA) is 63.3 Å². The molecule has 0 spiro atoms. The number of H-pyrrole nitrogens is 1. The molecule has 1 heterocycles. The lowest BCUT2D eigenvalue weighted by Crippen LogP contribution is -2.38. The first-order chi connectivity index (χ1) is 15.8. The molecule has 174 valence electrons. The van der Waals surface area contributed by atoms with E-state index in [-0.39, 0.29) is 30.0 Å². The van der Waals surface area contributed by atoms with Gasteiger partial charge >= 0.3 is 6.18 Å². The van der Waals surface area contributed by atoms with Crippen molar-refractivity contribution in [3.05, 3.63) is 59.8 Å². The fraction of sp³-hybridized carbons (Fsp3) is 0.400. The predicted molar refractivity (Wildman–Crippen MR) is 118 cm³/mol. The summed E-state index contributed by atoms with van der Waals surface area (Å²) < 4.78 is 49.6. The van der Waals surface area contributed by atoms with Crippen LogP contribution in [0.25, 0.3) is 10.9 Å². The van der Waals surface area contributed by atoms with E-state index in [1.807, 2.05) is 18.2 Å². The monoisotopic (exact) mass is 458 g/mol. The number of amides is 1. The van der Waals surface area contributed by atoms with E-state index in [0.717, 1.165) is 60.0 Å². The third-order valence-corrected chi connectivity index (χ3v) is 6.82. The lowest BCUT2D eigenvalue weighted by molar-refractivity contribution is -0.137. The van der Waals surface area contributed by atoms with E-state index in [9.17, 15) is 18.0 Å². The molecular weight excluding hydrogens is 433 g/mol. The number of rotatable bonds is 6. The van der Waals surface area contributed by atoms with Crippen LogP contribution < -0.4 is 10.1 Å². The molecule has 0 bridgehead atoms. The molecular formula is C25H25F3N2O3. The highest BCUT2D eigenvalue weighted by Gasteiger charge is 2.35. The van der Waals surface area contributed by atoms with Crippen LogP contribution in [0, 0.1) is 5.92 Å². The van der Waals surface area contributed by atoms with Crippen LogP contribution >= 0.6 is 0 Å². The van der Waals surface area contributed by atoms with Crippen LogP contribution in [0.2, 0.25) is 0 Å². The van der Waals surface area contributed by atoms with Crippen molar-refractivity contribution in [2.45, 2.75) is 50.0 Å². The maximum Gasteiger partial charge on any atom is 0.416 e. The van der Waals surface area contributed by atoms with E-state index in [0.29, 0.717) is 5.75 Å². The molecule has 2 aromatic carbocycles. The van der Waals surface area contributed by atoms with Crippen molar-refractivity contribution >= 4 is 22.5 Å². The average molecular weight is 458 g/mol. The zero-order valence-electron chi connectivity index (χ0n) is 18.1. The Morgan fingerprint density at radius 2 is 1.76 bits per heavy atom. The van der Waals surface area contributed by atoms with E-state index in [4.69, 9.17) is 9.47 Å². The van der Waals surface area contributed by atoms with E-state index in [1.165, 1.54) is 0 Å². The number of aromatic nitrogens is 1. The number of alkyl halides is 3.